The molecule has 2 aromatic carbocycles. The summed E-state index contributed by atoms with van der Waals surface area (Å²) in [6, 6.07) is 14.8. The molecule has 2 fully saturated rings. The van der Waals surface area contributed by atoms with E-state index in [2.05, 4.69) is 50.8 Å². The molecule has 2 aromatic rings. The molecule has 2 saturated heterocycles. The van der Waals surface area contributed by atoms with Crippen molar-refractivity contribution >= 4 is 0 Å². The molecule has 0 N–H and O–H groups in total. The third-order valence-electron chi connectivity index (χ3n) is 5.39. The van der Waals surface area contributed by atoms with Crippen LogP contribution in [0.3, 0.4) is 0 Å². The number of benzene rings is 2. The highest BCUT2D eigenvalue weighted by Crippen LogP contribution is 2.35. The van der Waals surface area contributed by atoms with Gasteiger partial charge in [-0.2, -0.15) is 0 Å². The number of hydrogen-bond acceptors (Lipinski definition) is 4. The van der Waals surface area contributed by atoms with E-state index in [0.717, 1.165) is 36.7 Å². The molecule has 28 heavy (non-hydrogen) atoms. The molecule has 2 aliphatic rings. The molecule has 0 amide bonds. The Hall–Kier alpha value is -2.30. The molecule has 4 nitrogen and oxygen atoms in total. The molecular formula is C24H28O4. The number of hydrogen-bond donors (Lipinski definition) is 0. The van der Waals surface area contributed by atoms with E-state index < -0.39 is 0 Å². The maximum absolute atomic E-state index is 5.95. The average Bonchev–Trinajstić information content (AvgIpc) is 3.61. The maximum Gasteiger partial charge on any atom is 0.122 e. The van der Waals surface area contributed by atoms with Crippen molar-refractivity contribution in [3.63, 3.8) is 0 Å². The highest BCUT2D eigenvalue weighted by Gasteiger charge is 2.26. The maximum atomic E-state index is 5.95. The SMILES string of the molecule is C=CCc1cc(C(C)(C)c2ccc(OCC3CO3)cc2)ccc1OCC1CO1. The van der Waals surface area contributed by atoms with Crippen LogP contribution in [-0.4, -0.2) is 38.6 Å². The quantitative estimate of drug-likeness (QED) is 0.455. The van der Waals surface area contributed by atoms with Gasteiger partial charge in [-0.25, -0.2) is 0 Å². The first kappa shape index (κ1) is 19.0. The summed E-state index contributed by atoms with van der Waals surface area (Å²) in [5, 5.41) is 0. The van der Waals surface area contributed by atoms with E-state index in [1.54, 1.807) is 0 Å². The van der Waals surface area contributed by atoms with Crippen LogP contribution < -0.4 is 9.47 Å². The van der Waals surface area contributed by atoms with Crippen LogP contribution in [-0.2, 0) is 21.3 Å². The first-order valence-corrected chi connectivity index (χ1v) is 9.90. The van der Waals surface area contributed by atoms with Crippen LogP contribution in [0.1, 0.15) is 30.5 Å². The van der Waals surface area contributed by atoms with E-state index in [9.17, 15) is 0 Å². The van der Waals surface area contributed by atoms with Gasteiger partial charge in [0.2, 0.25) is 0 Å². The Bertz CT molecular complexity index is 817. The van der Waals surface area contributed by atoms with Crippen LogP contribution in [0, 0.1) is 0 Å². The van der Waals surface area contributed by atoms with Crippen LogP contribution in [0.2, 0.25) is 0 Å². The molecule has 2 heterocycles. The van der Waals surface area contributed by atoms with E-state index in [1.165, 1.54) is 11.1 Å². The second-order valence-electron chi connectivity index (χ2n) is 8.00. The standard InChI is InChI=1S/C24H28O4/c1-4-5-17-12-19(8-11-23(17)28-16-22-15-27-22)24(2,3)18-6-9-20(10-7-18)25-13-21-14-26-21/h4,6-12,21-22H,1,5,13-16H2,2-3H3. The van der Waals surface area contributed by atoms with Gasteiger partial charge in [0.1, 0.15) is 36.9 Å². The molecule has 4 rings (SSSR count). The molecule has 2 unspecified atom stereocenters. The van der Waals surface area contributed by atoms with Gasteiger partial charge < -0.3 is 18.9 Å². The van der Waals surface area contributed by atoms with Crippen molar-refractivity contribution in [1.82, 2.24) is 0 Å². The first-order valence-electron chi connectivity index (χ1n) is 9.90. The van der Waals surface area contributed by atoms with Gasteiger partial charge in [0.05, 0.1) is 13.2 Å². The van der Waals surface area contributed by atoms with Crippen LogP contribution in [0.5, 0.6) is 11.5 Å². The lowest BCUT2D eigenvalue weighted by molar-refractivity contribution is 0.261. The third-order valence-corrected chi connectivity index (χ3v) is 5.39. The van der Waals surface area contributed by atoms with Gasteiger partial charge in [0.25, 0.3) is 0 Å². The van der Waals surface area contributed by atoms with Crippen molar-refractivity contribution in [3.8, 4) is 11.5 Å². The Morgan fingerprint density at radius 3 is 2.18 bits per heavy atom. The van der Waals surface area contributed by atoms with E-state index in [0.29, 0.717) is 13.2 Å². The topological polar surface area (TPSA) is 43.5 Å². The van der Waals surface area contributed by atoms with Crippen molar-refractivity contribution in [3.05, 3.63) is 71.8 Å². The second kappa shape index (κ2) is 7.98. The van der Waals surface area contributed by atoms with Gasteiger partial charge in [-0.1, -0.05) is 44.2 Å². The summed E-state index contributed by atoms with van der Waals surface area (Å²) in [5.74, 6) is 1.80. The lowest BCUT2D eigenvalue weighted by Crippen LogP contribution is -2.19. The van der Waals surface area contributed by atoms with E-state index in [-0.39, 0.29) is 17.6 Å². The zero-order valence-corrected chi connectivity index (χ0v) is 16.6. The number of rotatable bonds is 10. The molecular weight excluding hydrogens is 352 g/mol. The fourth-order valence-electron chi connectivity index (χ4n) is 3.26. The summed E-state index contributed by atoms with van der Waals surface area (Å²) in [5.41, 5.74) is 3.52. The van der Waals surface area contributed by atoms with Gasteiger partial charge in [-0.3, -0.25) is 0 Å². The van der Waals surface area contributed by atoms with Gasteiger partial charge >= 0.3 is 0 Å². The largest absolute Gasteiger partial charge is 0.491 e. The second-order valence-corrected chi connectivity index (χ2v) is 8.00. The van der Waals surface area contributed by atoms with Crippen molar-refractivity contribution in [2.75, 3.05) is 26.4 Å². The molecule has 4 heteroatoms. The van der Waals surface area contributed by atoms with Crippen LogP contribution in [0.4, 0.5) is 0 Å². The Morgan fingerprint density at radius 1 is 0.964 bits per heavy atom. The molecule has 0 aromatic heterocycles. The lowest BCUT2D eigenvalue weighted by Gasteiger charge is -2.27. The van der Waals surface area contributed by atoms with Crippen LogP contribution in [0.25, 0.3) is 0 Å². The van der Waals surface area contributed by atoms with Crippen molar-refractivity contribution in [1.29, 1.82) is 0 Å². The summed E-state index contributed by atoms with van der Waals surface area (Å²) in [4.78, 5) is 0. The van der Waals surface area contributed by atoms with Gasteiger partial charge in [0.15, 0.2) is 0 Å². The highest BCUT2D eigenvalue weighted by atomic mass is 16.6. The lowest BCUT2D eigenvalue weighted by atomic mass is 9.77. The molecule has 0 radical (unpaired) electrons. The fraction of sp³-hybridized carbons (Fsp3) is 0.417. The molecule has 2 aliphatic heterocycles. The molecule has 0 saturated carbocycles. The highest BCUT2D eigenvalue weighted by molar-refractivity contribution is 5.46. The van der Waals surface area contributed by atoms with Crippen LogP contribution >= 0.6 is 0 Å². The summed E-state index contributed by atoms with van der Waals surface area (Å²) < 4.78 is 22.2. The minimum absolute atomic E-state index is 0.133. The van der Waals surface area contributed by atoms with E-state index in [4.69, 9.17) is 18.9 Å². The Balaban J connectivity index is 1.51. The number of ether oxygens (including phenoxy) is 4. The van der Waals surface area contributed by atoms with Crippen molar-refractivity contribution < 1.29 is 18.9 Å². The summed E-state index contributed by atoms with van der Waals surface area (Å²) in [7, 11) is 0. The van der Waals surface area contributed by atoms with Gasteiger partial charge in [0, 0.05) is 5.41 Å². The first-order chi connectivity index (χ1) is 13.6. The predicted octanol–water partition coefficient (Wildman–Crippen LogP) is 4.30. The van der Waals surface area contributed by atoms with Crippen molar-refractivity contribution in [2.45, 2.75) is 37.9 Å². The Labute approximate surface area is 167 Å². The molecule has 148 valence electrons. The van der Waals surface area contributed by atoms with E-state index in [1.807, 2.05) is 18.2 Å². The van der Waals surface area contributed by atoms with Gasteiger partial charge in [-0.15, -0.1) is 6.58 Å². The van der Waals surface area contributed by atoms with Crippen molar-refractivity contribution in [2.24, 2.45) is 0 Å². The van der Waals surface area contributed by atoms with E-state index >= 15 is 0 Å². The molecule has 0 spiro atoms. The minimum atomic E-state index is -0.133. The molecule has 0 aliphatic carbocycles. The molecule has 0 bridgehead atoms. The Kier molecular flexibility index (Phi) is 5.42. The predicted molar refractivity (Wildman–Crippen MR) is 109 cm³/mol. The zero-order chi connectivity index (χ0) is 19.6. The normalized spacial score (nSPS) is 20.5. The third kappa shape index (κ3) is 4.57. The summed E-state index contributed by atoms with van der Waals surface area (Å²) in [6.07, 6.45) is 3.22. The Morgan fingerprint density at radius 2 is 1.57 bits per heavy atom. The summed E-state index contributed by atoms with van der Waals surface area (Å²) >= 11 is 0. The molecule has 2 atom stereocenters. The number of epoxide rings is 2. The smallest absolute Gasteiger partial charge is 0.122 e. The monoisotopic (exact) mass is 380 g/mol. The average molecular weight is 380 g/mol. The zero-order valence-electron chi connectivity index (χ0n) is 16.6. The summed E-state index contributed by atoms with van der Waals surface area (Å²) in [6.45, 7) is 11.2. The van der Waals surface area contributed by atoms with Crippen LogP contribution in [0.15, 0.2) is 55.1 Å². The minimum Gasteiger partial charge on any atom is -0.491 e. The van der Waals surface area contributed by atoms with Gasteiger partial charge in [-0.05, 0) is 41.3 Å². The fourth-order valence-corrected chi connectivity index (χ4v) is 3.26. The number of allylic oxidation sites excluding steroid dienone is 1.